The van der Waals surface area contributed by atoms with Gasteiger partial charge in [0.25, 0.3) is 0 Å². The zero-order valence-electron chi connectivity index (χ0n) is 29.9. The van der Waals surface area contributed by atoms with E-state index < -0.39 is 5.41 Å². The van der Waals surface area contributed by atoms with E-state index in [4.69, 9.17) is 0 Å². The predicted octanol–water partition coefficient (Wildman–Crippen LogP) is 13.1. The molecule has 0 fully saturated rings. The van der Waals surface area contributed by atoms with Gasteiger partial charge in [0, 0.05) is 22.2 Å². The van der Waals surface area contributed by atoms with E-state index in [0.717, 1.165) is 35.5 Å². The first-order valence-electron chi connectivity index (χ1n) is 18.8. The molecule has 0 saturated carbocycles. The van der Waals surface area contributed by atoms with Crippen LogP contribution in [-0.2, 0) is 10.8 Å². The van der Waals surface area contributed by atoms with Gasteiger partial charge in [-0.2, -0.15) is 0 Å². The average molecular weight is 676 g/mol. The maximum absolute atomic E-state index is 3.80. The van der Waals surface area contributed by atoms with Crippen molar-refractivity contribution in [2.75, 3.05) is 4.90 Å². The third kappa shape index (κ3) is 4.04. The molecule has 0 heterocycles. The van der Waals surface area contributed by atoms with Crippen LogP contribution in [0, 0.1) is 12.1 Å². The molecule has 0 atom stereocenters. The van der Waals surface area contributed by atoms with Gasteiger partial charge in [0.2, 0.25) is 0 Å². The summed E-state index contributed by atoms with van der Waals surface area (Å²) in [7, 11) is 0. The van der Waals surface area contributed by atoms with Crippen molar-refractivity contribution < 1.29 is 0 Å². The Bertz CT molecular complexity index is 2660. The van der Waals surface area contributed by atoms with Crippen LogP contribution < -0.4 is 4.90 Å². The van der Waals surface area contributed by atoms with Gasteiger partial charge < -0.3 is 4.90 Å². The smallest absolute Gasteiger partial charge is 0.0977 e. The minimum atomic E-state index is -0.455. The van der Waals surface area contributed by atoms with Crippen LogP contribution in [0.15, 0.2) is 164 Å². The van der Waals surface area contributed by atoms with E-state index in [0.29, 0.717) is 0 Å². The highest BCUT2D eigenvalue weighted by molar-refractivity contribution is 5.96. The Morgan fingerprint density at radius 1 is 0.509 bits per heavy atom. The van der Waals surface area contributed by atoms with E-state index >= 15 is 0 Å². The van der Waals surface area contributed by atoms with E-state index in [1.165, 1.54) is 72.3 Å². The molecular formula is C52H37N. The zero-order chi connectivity index (χ0) is 35.3. The summed E-state index contributed by atoms with van der Waals surface area (Å²) >= 11 is 0. The Morgan fingerprint density at radius 2 is 1.08 bits per heavy atom. The summed E-state index contributed by atoms with van der Waals surface area (Å²) < 4.78 is 0. The Labute approximate surface area is 312 Å². The molecule has 7 aromatic rings. The van der Waals surface area contributed by atoms with Crippen molar-refractivity contribution in [1.29, 1.82) is 0 Å². The van der Waals surface area contributed by atoms with E-state index in [1.807, 2.05) is 0 Å². The van der Waals surface area contributed by atoms with Crippen molar-refractivity contribution in [2.45, 2.75) is 37.5 Å². The number of anilines is 3. The lowest BCUT2D eigenvalue weighted by Gasteiger charge is -2.32. The highest BCUT2D eigenvalue weighted by Gasteiger charge is 2.52. The minimum absolute atomic E-state index is 0.124. The second-order valence-corrected chi connectivity index (χ2v) is 15.4. The number of fused-ring (bicyclic) bond motifs is 13. The highest BCUT2D eigenvalue weighted by atomic mass is 15.1. The van der Waals surface area contributed by atoms with Crippen molar-refractivity contribution in [3.8, 4) is 33.4 Å². The Balaban J connectivity index is 1.19. The molecule has 1 heteroatoms. The highest BCUT2D eigenvalue weighted by Crippen LogP contribution is 2.63. The molecule has 1 spiro atoms. The molecule has 0 radical (unpaired) electrons. The topological polar surface area (TPSA) is 3.24 Å². The van der Waals surface area contributed by atoms with Crippen molar-refractivity contribution in [3.63, 3.8) is 0 Å². The summed E-state index contributed by atoms with van der Waals surface area (Å²) in [5.41, 5.74) is 20.9. The quantitative estimate of drug-likeness (QED) is 0.179. The standard InChI is InChI=1S/C52H37N/c1-51(2)44-23-11-6-19-38(44)42-30-28-35(32-48(42)51)53(50-27-15-10-18-37(50)34-16-4-3-5-17-34)36-29-31-43-41-22-9-14-26-47(41)52(49(43)33-36)45-24-12-7-20-39(45)40-21-8-13-25-46(40)52/h3-4,6-16,18-28,30,32-33H,5,17H2,1-2H3. The number of nitrogens with zero attached hydrogens (tertiary/aromatic N) is 1. The number of allylic oxidation sites excluding steroid dienone is 4. The molecule has 4 aliphatic rings. The molecule has 0 amide bonds. The molecular weight excluding hydrogens is 639 g/mol. The summed E-state index contributed by atoms with van der Waals surface area (Å²) in [5, 5.41) is 0. The first-order chi connectivity index (χ1) is 26.1. The maximum atomic E-state index is 3.80. The van der Waals surface area contributed by atoms with Crippen LogP contribution in [0.2, 0.25) is 0 Å². The van der Waals surface area contributed by atoms with Crippen molar-refractivity contribution >= 4 is 22.6 Å². The molecule has 0 aromatic heterocycles. The van der Waals surface area contributed by atoms with Crippen molar-refractivity contribution in [2.24, 2.45) is 0 Å². The maximum Gasteiger partial charge on any atom is 0.0977 e. The van der Waals surface area contributed by atoms with Gasteiger partial charge >= 0.3 is 0 Å². The van der Waals surface area contributed by atoms with Gasteiger partial charge in [-0.05, 0) is 110 Å². The van der Waals surface area contributed by atoms with Crippen LogP contribution in [-0.4, -0.2) is 0 Å². The fourth-order valence-electron chi connectivity index (χ4n) is 10.1. The minimum Gasteiger partial charge on any atom is -0.303 e. The molecule has 53 heavy (non-hydrogen) atoms. The first kappa shape index (κ1) is 30.3. The van der Waals surface area contributed by atoms with Crippen LogP contribution in [0.5, 0.6) is 0 Å². The molecule has 7 aromatic carbocycles. The number of hydrogen-bond donors (Lipinski definition) is 0. The normalized spacial score (nSPS) is 15.8. The van der Waals surface area contributed by atoms with Gasteiger partial charge in [0.05, 0.1) is 16.8 Å². The number of benzene rings is 6. The van der Waals surface area contributed by atoms with Crippen LogP contribution >= 0.6 is 0 Å². The Hall–Kier alpha value is -6.36. The number of hydrogen-bond acceptors (Lipinski definition) is 1. The first-order valence-corrected chi connectivity index (χ1v) is 18.8. The molecule has 250 valence electrons. The monoisotopic (exact) mass is 675 g/mol. The van der Waals surface area contributed by atoms with Gasteiger partial charge in [-0.25, -0.2) is 0 Å². The number of rotatable bonds is 4. The van der Waals surface area contributed by atoms with E-state index in [2.05, 4.69) is 195 Å². The Kier molecular flexibility index (Phi) is 6.33. The van der Waals surface area contributed by atoms with Gasteiger partial charge in [-0.15, -0.1) is 0 Å². The van der Waals surface area contributed by atoms with Crippen LogP contribution in [0.3, 0.4) is 0 Å². The zero-order valence-corrected chi connectivity index (χ0v) is 29.9. The summed E-state index contributed by atoms with van der Waals surface area (Å²) in [6, 6.07) is 61.9. The molecule has 1 nitrogen and oxygen atoms in total. The Morgan fingerprint density at radius 3 is 1.75 bits per heavy atom. The summed E-state index contributed by atoms with van der Waals surface area (Å²) in [6.45, 7) is 4.73. The summed E-state index contributed by atoms with van der Waals surface area (Å²) in [6.07, 6.45) is 8.82. The predicted molar refractivity (Wildman–Crippen MR) is 219 cm³/mol. The molecule has 11 rings (SSSR count). The molecule has 0 bridgehead atoms. The van der Waals surface area contributed by atoms with Crippen molar-refractivity contribution in [1.82, 2.24) is 0 Å². The lowest BCUT2D eigenvalue weighted by Crippen LogP contribution is -2.26. The number of para-hydroxylation sites is 1. The third-order valence-corrected chi connectivity index (χ3v) is 12.4. The van der Waals surface area contributed by atoms with Crippen LogP contribution in [0.25, 0.3) is 39.0 Å². The third-order valence-electron chi connectivity index (χ3n) is 12.4. The van der Waals surface area contributed by atoms with E-state index in [1.54, 1.807) is 0 Å². The van der Waals surface area contributed by atoms with Gasteiger partial charge in [-0.1, -0.05) is 159 Å². The van der Waals surface area contributed by atoms with Crippen LogP contribution in [0.4, 0.5) is 17.1 Å². The molecule has 4 aliphatic carbocycles. The van der Waals surface area contributed by atoms with Gasteiger partial charge in [0.15, 0.2) is 0 Å². The second-order valence-electron chi connectivity index (χ2n) is 15.4. The van der Waals surface area contributed by atoms with Gasteiger partial charge in [-0.3, -0.25) is 0 Å². The fraction of sp³-hybridized carbons (Fsp3) is 0.115. The van der Waals surface area contributed by atoms with E-state index in [9.17, 15) is 0 Å². The lowest BCUT2D eigenvalue weighted by atomic mass is 9.70. The lowest BCUT2D eigenvalue weighted by molar-refractivity contribution is 0.660. The summed E-state index contributed by atoms with van der Waals surface area (Å²) in [4.78, 5) is 2.45. The van der Waals surface area contributed by atoms with Crippen LogP contribution in [0.1, 0.15) is 65.6 Å². The SMILES string of the molecule is CC1(C)c2ccccc2-c2ccc(N(c3c#cc4c(c3)C3(c5ccccc5-4)c4ccccc4-c4ccccc43)c3ccccc3C3=CC=CCC3)cc21. The van der Waals surface area contributed by atoms with Crippen molar-refractivity contribution in [3.05, 3.63) is 215 Å². The average Bonchev–Trinajstić information content (AvgIpc) is 3.77. The van der Waals surface area contributed by atoms with E-state index in [-0.39, 0.29) is 5.41 Å². The second kappa shape index (κ2) is 11.1. The molecule has 0 N–H and O–H groups in total. The largest absolute Gasteiger partial charge is 0.303 e. The molecule has 0 saturated heterocycles. The fourth-order valence-corrected chi connectivity index (χ4v) is 10.1. The summed E-state index contributed by atoms with van der Waals surface area (Å²) in [5.74, 6) is 0. The molecule has 0 aliphatic heterocycles. The molecule has 0 unspecified atom stereocenters. The van der Waals surface area contributed by atoms with Gasteiger partial charge in [0.1, 0.15) is 0 Å².